The Morgan fingerprint density at radius 1 is 1.27 bits per heavy atom. The number of rotatable bonds is 6. The van der Waals surface area contributed by atoms with Crippen molar-refractivity contribution in [3.05, 3.63) is 0 Å². The topological polar surface area (TPSA) is 49.7 Å². The first kappa shape index (κ1) is 10.9. The molecule has 0 saturated carbocycles. The van der Waals surface area contributed by atoms with Crippen LogP contribution in [0.1, 0.15) is 26.7 Å². The lowest BCUT2D eigenvalue weighted by Crippen LogP contribution is -2.13. The van der Waals surface area contributed by atoms with Gasteiger partial charge in [-0.2, -0.15) is 0 Å². The molecule has 2 atom stereocenters. The van der Waals surface area contributed by atoms with Crippen molar-refractivity contribution in [1.29, 1.82) is 0 Å². The highest BCUT2D eigenvalue weighted by atomic mass is 16.5. The quantitative estimate of drug-likeness (QED) is 0.599. The van der Waals surface area contributed by atoms with Crippen LogP contribution in [0, 0.1) is 0 Å². The molecule has 3 nitrogen and oxygen atoms in total. The fraction of sp³-hybridized carbons (Fsp3) is 1.00. The zero-order valence-corrected chi connectivity index (χ0v) is 7.29. The summed E-state index contributed by atoms with van der Waals surface area (Å²) in [5, 5.41) is 17.4. The van der Waals surface area contributed by atoms with Crippen LogP contribution in [0.2, 0.25) is 0 Å². The molecule has 0 spiro atoms. The van der Waals surface area contributed by atoms with Gasteiger partial charge in [-0.05, 0) is 26.7 Å². The molecule has 0 radical (unpaired) electrons. The minimum atomic E-state index is -0.295. The predicted molar refractivity (Wildman–Crippen MR) is 43.4 cm³/mol. The van der Waals surface area contributed by atoms with E-state index in [0.29, 0.717) is 19.4 Å². The molecule has 2 N–H and O–H groups in total. The third-order valence-electron chi connectivity index (χ3n) is 1.47. The van der Waals surface area contributed by atoms with E-state index in [9.17, 15) is 0 Å². The van der Waals surface area contributed by atoms with Crippen LogP contribution in [0.3, 0.4) is 0 Å². The van der Waals surface area contributed by atoms with Crippen molar-refractivity contribution in [3.63, 3.8) is 0 Å². The molecule has 3 heteroatoms. The Morgan fingerprint density at radius 2 is 1.91 bits per heavy atom. The Morgan fingerprint density at radius 3 is 2.36 bits per heavy atom. The molecule has 0 aliphatic heterocycles. The van der Waals surface area contributed by atoms with Crippen molar-refractivity contribution < 1.29 is 14.9 Å². The van der Waals surface area contributed by atoms with E-state index in [1.807, 2.05) is 6.92 Å². The second kappa shape index (κ2) is 6.58. The number of ether oxygens (including phenoxy) is 1. The van der Waals surface area contributed by atoms with Crippen molar-refractivity contribution in [2.75, 3.05) is 13.2 Å². The van der Waals surface area contributed by atoms with E-state index in [1.165, 1.54) is 0 Å². The van der Waals surface area contributed by atoms with Gasteiger partial charge >= 0.3 is 0 Å². The first-order valence-corrected chi connectivity index (χ1v) is 4.07. The third-order valence-corrected chi connectivity index (χ3v) is 1.47. The minimum Gasteiger partial charge on any atom is -0.396 e. The largest absolute Gasteiger partial charge is 0.396 e. The first-order chi connectivity index (χ1) is 5.16. The molecule has 0 aromatic rings. The molecule has 0 rings (SSSR count). The molecule has 0 unspecified atom stereocenters. The highest BCUT2D eigenvalue weighted by Gasteiger charge is 2.01. The van der Waals surface area contributed by atoms with Crippen molar-refractivity contribution >= 4 is 0 Å². The summed E-state index contributed by atoms with van der Waals surface area (Å²) in [7, 11) is 0. The molecule has 0 saturated heterocycles. The van der Waals surface area contributed by atoms with Crippen molar-refractivity contribution in [2.45, 2.75) is 38.9 Å². The fourth-order valence-electron chi connectivity index (χ4n) is 0.705. The maximum Gasteiger partial charge on any atom is 0.0568 e. The first-order valence-electron chi connectivity index (χ1n) is 4.07. The molecule has 0 aromatic heterocycles. The maximum absolute atomic E-state index is 8.87. The van der Waals surface area contributed by atoms with Gasteiger partial charge in [0.15, 0.2) is 0 Å². The zero-order valence-electron chi connectivity index (χ0n) is 7.29. The summed E-state index contributed by atoms with van der Waals surface area (Å²) in [5.41, 5.74) is 0. The molecule has 0 amide bonds. The lowest BCUT2D eigenvalue weighted by Gasteiger charge is -2.11. The van der Waals surface area contributed by atoms with Crippen LogP contribution in [0.4, 0.5) is 0 Å². The Labute approximate surface area is 68.0 Å². The lowest BCUT2D eigenvalue weighted by molar-refractivity contribution is 0.0286. The van der Waals surface area contributed by atoms with E-state index in [-0.39, 0.29) is 18.8 Å². The normalized spacial score (nSPS) is 16.4. The molecule has 0 heterocycles. The van der Waals surface area contributed by atoms with E-state index in [0.717, 1.165) is 0 Å². The summed E-state index contributed by atoms with van der Waals surface area (Å²) in [6, 6.07) is 0. The van der Waals surface area contributed by atoms with E-state index in [1.54, 1.807) is 6.92 Å². The Bertz CT molecular complexity index is 83.4. The summed E-state index contributed by atoms with van der Waals surface area (Å²) < 4.78 is 5.27. The van der Waals surface area contributed by atoms with E-state index in [4.69, 9.17) is 14.9 Å². The van der Waals surface area contributed by atoms with Gasteiger partial charge in [0.2, 0.25) is 0 Å². The van der Waals surface area contributed by atoms with Gasteiger partial charge in [-0.1, -0.05) is 0 Å². The Kier molecular flexibility index (Phi) is 6.51. The standard InChI is InChI=1S/C8H18O3/c1-7(10)4-6-11-8(2)3-5-9/h7-10H,3-6H2,1-2H3/t7-,8+/m0/s1. The van der Waals surface area contributed by atoms with Crippen LogP contribution >= 0.6 is 0 Å². The van der Waals surface area contributed by atoms with E-state index in [2.05, 4.69) is 0 Å². The maximum atomic E-state index is 8.87. The minimum absolute atomic E-state index is 0.0961. The van der Waals surface area contributed by atoms with E-state index >= 15 is 0 Å². The predicted octanol–water partition coefficient (Wildman–Crippen LogP) is 0.545. The highest BCUT2D eigenvalue weighted by Crippen LogP contribution is 1.98. The molecule has 0 aliphatic carbocycles. The van der Waals surface area contributed by atoms with Gasteiger partial charge in [-0.25, -0.2) is 0 Å². The monoisotopic (exact) mass is 162 g/mol. The van der Waals surface area contributed by atoms with Crippen molar-refractivity contribution in [2.24, 2.45) is 0 Å². The summed E-state index contributed by atoms with van der Waals surface area (Å²) in [6.45, 7) is 4.38. The fourth-order valence-corrected chi connectivity index (χ4v) is 0.705. The Hall–Kier alpha value is -0.120. The number of hydrogen-bond donors (Lipinski definition) is 2. The lowest BCUT2D eigenvalue weighted by atomic mass is 10.3. The average Bonchev–Trinajstić information content (AvgIpc) is 1.87. The summed E-state index contributed by atoms with van der Waals surface area (Å²) in [4.78, 5) is 0. The van der Waals surface area contributed by atoms with Crippen LogP contribution < -0.4 is 0 Å². The van der Waals surface area contributed by atoms with Gasteiger partial charge in [0.1, 0.15) is 0 Å². The van der Waals surface area contributed by atoms with Gasteiger partial charge in [-0.3, -0.25) is 0 Å². The van der Waals surface area contributed by atoms with Gasteiger partial charge in [0.05, 0.1) is 12.2 Å². The highest BCUT2D eigenvalue weighted by molar-refractivity contribution is 4.50. The van der Waals surface area contributed by atoms with Crippen LogP contribution in [-0.2, 0) is 4.74 Å². The molecule has 0 aliphatic rings. The van der Waals surface area contributed by atoms with Crippen LogP contribution in [0.5, 0.6) is 0 Å². The van der Waals surface area contributed by atoms with Crippen LogP contribution in [0.15, 0.2) is 0 Å². The van der Waals surface area contributed by atoms with Gasteiger partial charge in [0, 0.05) is 13.2 Å². The van der Waals surface area contributed by atoms with Gasteiger partial charge < -0.3 is 14.9 Å². The smallest absolute Gasteiger partial charge is 0.0568 e. The summed E-state index contributed by atoms with van der Waals surface area (Å²) in [6.07, 6.45) is 1.13. The summed E-state index contributed by atoms with van der Waals surface area (Å²) in [5.74, 6) is 0. The van der Waals surface area contributed by atoms with E-state index < -0.39 is 0 Å². The Balaban J connectivity index is 3.10. The molecule has 0 fully saturated rings. The number of aliphatic hydroxyl groups excluding tert-OH is 2. The van der Waals surface area contributed by atoms with Crippen molar-refractivity contribution in [1.82, 2.24) is 0 Å². The average molecular weight is 162 g/mol. The molecular weight excluding hydrogens is 144 g/mol. The second-order valence-electron chi connectivity index (χ2n) is 2.83. The van der Waals surface area contributed by atoms with Crippen LogP contribution in [0.25, 0.3) is 0 Å². The molecular formula is C8H18O3. The summed E-state index contributed by atoms with van der Waals surface area (Å²) >= 11 is 0. The number of hydrogen-bond acceptors (Lipinski definition) is 3. The molecule has 68 valence electrons. The second-order valence-corrected chi connectivity index (χ2v) is 2.83. The molecule has 0 aromatic carbocycles. The van der Waals surface area contributed by atoms with Crippen LogP contribution in [-0.4, -0.2) is 35.6 Å². The third kappa shape index (κ3) is 7.78. The molecule has 0 bridgehead atoms. The van der Waals surface area contributed by atoms with Crippen molar-refractivity contribution in [3.8, 4) is 0 Å². The SMILES string of the molecule is C[C@H](O)CCO[C@H](C)CCO. The van der Waals surface area contributed by atoms with Gasteiger partial charge in [0.25, 0.3) is 0 Å². The number of aliphatic hydroxyl groups is 2. The van der Waals surface area contributed by atoms with Gasteiger partial charge in [-0.15, -0.1) is 0 Å². The molecule has 11 heavy (non-hydrogen) atoms. The zero-order chi connectivity index (χ0) is 8.69.